The quantitative estimate of drug-likeness (QED) is 0.335. The number of carbonyl (C=O) groups excluding carboxylic acids is 1. The summed E-state index contributed by atoms with van der Waals surface area (Å²) in [6, 6.07) is 27.0. The Morgan fingerprint density at radius 1 is 1.00 bits per heavy atom. The topological polar surface area (TPSA) is 75.3 Å². The van der Waals surface area contributed by atoms with Crippen molar-refractivity contribution in [2.75, 3.05) is 0 Å². The van der Waals surface area contributed by atoms with E-state index in [1.807, 2.05) is 72.8 Å². The molecule has 1 heterocycles. The Hall–Kier alpha value is -4.30. The number of furan rings is 1. The van der Waals surface area contributed by atoms with E-state index in [2.05, 4.69) is 5.32 Å². The van der Waals surface area contributed by atoms with Gasteiger partial charge in [-0.1, -0.05) is 60.7 Å². The highest BCUT2D eigenvalue weighted by Gasteiger charge is 2.14. The van der Waals surface area contributed by atoms with Crippen molar-refractivity contribution in [2.24, 2.45) is 0 Å². The van der Waals surface area contributed by atoms with Gasteiger partial charge in [0.1, 0.15) is 29.8 Å². The highest BCUT2D eigenvalue weighted by atomic mass is 16.5. The van der Waals surface area contributed by atoms with E-state index >= 15 is 0 Å². The Labute approximate surface area is 180 Å². The third kappa shape index (κ3) is 4.82. The number of carbonyl (C=O) groups is 1. The van der Waals surface area contributed by atoms with Crippen LogP contribution in [0.1, 0.15) is 16.9 Å². The number of hydrogen-bond donors (Lipinski definition) is 1. The number of hydrogen-bond acceptors (Lipinski definition) is 4. The monoisotopic (exact) mass is 408 g/mol. The minimum Gasteiger partial charge on any atom is -0.488 e. The minimum absolute atomic E-state index is 0.00697. The molecule has 4 aromatic rings. The van der Waals surface area contributed by atoms with Crippen LogP contribution in [-0.4, -0.2) is 5.91 Å². The summed E-state index contributed by atoms with van der Waals surface area (Å²) in [6.07, 6.45) is 3.12. The van der Waals surface area contributed by atoms with E-state index < -0.39 is 5.91 Å². The van der Waals surface area contributed by atoms with Gasteiger partial charge in [-0.2, -0.15) is 5.26 Å². The summed E-state index contributed by atoms with van der Waals surface area (Å²) in [4.78, 5) is 12.6. The first-order valence-corrected chi connectivity index (χ1v) is 9.85. The molecule has 152 valence electrons. The normalized spacial score (nSPS) is 11.1. The van der Waals surface area contributed by atoms with Crippen LogP contribution in [0.15, 0.2) is 95.1 Å². The number of benzene rings is 3. The van der Waals surface area contributed by atoms with E-state index in [1.165, 1.54) is 6.26 Å². The van der Waals surface area contributed by atoms with Crippen LogP contribution in [0.25, 0.3) is 16.8 Å². The van der Waals surface area contributed by atoms with Crippen LogP contribution in [0.5, 0.6) is 5.75 Å². The van der Waals surface area contributed by atoms with Gasteiger partial charge in [0.2, 0.25) is 0 Å². The van der Waals surface area contributed by atoms with Gasteiger partial charge in [0, 0.05) is 5.56 Å². The van der Waals surface area contributed by atoms with Gasteiger partial charge in [0.25, 0.3) is 5.91 Å². The number of nitriles is 1. The molecule has 1 N–H and O–H groups in total. The van der Waals surface area contributed by atoms with Crippen LogP contribution in [0, 0.1) is 11.3 Å². The Bertz CT molecular complexity index is 1250. The predicted molar refractivity (Wildman–Crippen MR) is 119 cm³/mol. The molecule has 0 bridgehead atoms. The zero-order valence-electron chi connectivity index (χ0n) is 16.7. The van der Waals surface area contributed by atoms with Crippen LogP contribution in [-0.2, 0) is 17.9 Å². The van der Waals surface area contributed by atoms with Gasteiger partial charge >= 0.3 is 0 Å². The second-order valence-corrected chi connectivity index (χ2v) is 6.90. The summed E-state index contributed by atoms with van der Waals surface area (Å²) in [5.74, 6) is 0.748. The fraction of sp³-hybridized carbons (Fsp3) is 0.0769. The van der Waals surface area contributed by atoms with E-state index in [1.54, 1.807) is 18.2 Å². The Morgan fingerprint density at radius 3 is 2.58 bits per heavy atom. The van der Waals surface area contributed by atoms with Gasteiger partial charge in [-0.15, -0.1) is 0 Å². The van der Waals surface area contributed by atoms with Gasteiger partial charge in [-0.05, 0) is 40.6 Å². The molecule has 0 aliphatic rings. The summed E-state index contributed by atoms with van der Waals surface area (Å²) in [6.45, 7) is 0.588. The molecule has 0 atom stereocenters. The van der Waals surface area contributed by atoms with Crippen molar-refractivity contribution >= 4 is 22.8 Å². The Morgan fingerprint density at radius 2 is 1.81 bits per heavy atom. The fourth-order valence-corrected chi connectivity index (χ4v) is 3.25. The first-order valence-electron chi connectivity index (χ1n) is 9.85. The van der Waals surface area contributed by atoms with Gasteiger partial charge in [-0.25, -0.2) is 0 Å². The van der Waals surface area contributed by atoms with Crippen molar-refractivity contribution < 1.29 is 13.9 Å². The molecular formula is C26H20N2O3. The molecule has 5 heteroatoms. The Balaban J connectivity index is 1.66. The largest absolute Gasteiger partial charge is 0.488 e. The van der Waals surface area contributed by atoms with Crippen molar-refractivity contribution in [1.82, 2.24) is 5.32 Å². The maximum Gasteiger partial charge on any atom is 0.262 e. The zero-order valence-corrected chi connectivity index (χ0v) is 16.7. The number of ether oxygens (including phenoxy) is 1. The summed E-state index contributed by atoms with van der Waals surface area (Å²) >= 11 is 0. The summed E-state index contributed by atoms with van der Waals surface area (Å²) in [5.41, 5.74) is 1.72. The second kappa shape index (κ2) is 9.47. The molecule has 3 aromatic carbocycles. The van der Waals surface area contributed by atoms with Crippen LogP contribution < -0.4 is 10.1 Å². The van der Waals surface area contributed by atoms with E-state index in [4.69, 9.17) is 9.15 Å². The SMILES string of the molecule is N#C/C(=C\c1c(OCc2ccccc2)ccc2ccccc12)C(=O)NCc1ccco1. The predicted octanol–water partition coefficient (Wildman–Crippen LogP) is 5.24. The minimum atomic E-state index is -0.471. The number of rotatable bonds is 7. The van der Waals surface area contributed by atoms with Crippen molar-refractivity contribution in [3.05, 3.63) is 108 Å². The Kier molecular flexibility index (Phi) is 6.10. The molecule has 0 aliphatic heterocycles. The summed E-state index contributed by atoms with van der Waals surface area (Å²) in [7, 11) is 0. The molecule has 0 radical (unpaired) electrons. The molecule has 1 aromatic heterocycles. The lowest BCUT2D eigenvalue weighted by Crippen LogP contribution is -2.23. The second-order valence-electron chi connectivity index (χ2n) is 6.90. The first-order chi connectivity index (χ1) is 15.2. The lowest BCUT2D eigenvalue weighted by atomic mass is 10.0. The third-order valence-electron chi connectivity index (χ3n) is 4.82. The molecule has 1 amide bonds. The smallest absolute Gasteiger partial charge is 0.262 e. The summed E-state index contributed by atoms with van der Waals surface area (Å²) < 4.78 is 11.3. The molecular weight excluding hydrogens is 388 g/mol. The fourth-order valence-electron chi connectivity index (χ4n) is 3.25. The standard InChI is InChI=1S/C26H20N2O3/c27-16-21(26(29)28-17-22-10-6-14-30-22)15-24-23-11-5-4-9-20(23)12-13-25(24)31-18-19-7-2-1-3-8-19/h1-15H,17-18H2,(H,28,29)/b21-15+. The van der Waals surface area contributed by atoms with Crippen molar-refractivity contribution in [3.8, 4) is 11.8 Å². The van der Waals surface area contributed by atoms with Crippen molar-refractivity contribution in [1.29, 1.82) is 5.26 Å². The summed E-state index contributed by atoms with van der Waals surface area (Å²) in [5, 5.41) is 14.3. The molecule has 0 saturated heterocycles. The van der Waals surface area contributed by atoms with Crippen molar-refractivity contribution in [2.45, 2.75) is 13.2 Å². The van der Waals surface area contributed by atoms with E-state index in [0.29, 0.717) is 23.7 Å². The average molecular weight is 408 g/mol. The molecule has 0 spiro atoms. The molecule has 0 aliphatic carbocycles. The van der Waals surface area contributed by atoms with Crippen molar-refractivity contribution in [3.63, 3.8) is 0 Å². The number of fused-ring (bicyclic) bond motifs is 1. The van der Waals surface area contributed by atoms with Crippen LogP contribution >= 0.6 is 0 Å². The van der Waals surface area contributed by atoms with E-state index in [9.17, 15) is 10.1 Å². The molecule has 0 unspecified atom stereocenters. The zero-order chi connectivity index (χ0) is 21.5. The lowest BCUT2D eigenvalue weighted by Gasteiger charge is -2.13. The maximum atomic E-state index is 12.6. The van der Waals surface area contributed by atoms with Crippen LogP contribution in [0.3, 0.4) is 0 Å². The molecule has 5 nitrogen and oxygen atoms in total. The molecule has 4 rings (SSSR count). The van der Waals surface area contributed by atoms with Gasteiger partial charge in [-0.3, -0.25) is 4.79 Å². The highest BCUT2D eigenvalue weighted by Crippen LogP contribution is 2.31. The van der Waals surface area contributed by atoms with Gasteiger partial charge < -0.3 is 14.5 Å². The van der Waals surface area contributed by atoms with Gasteiger partial charge in [0.05, 0.1) is 12.8 Å². The molecule has 0 fully saturated rings. The number of amides is 1. The molecule has 0 saturated carbocycles. The third-order valence-corrected chi connectivity index (χ3v) is 4.82. The first kappa shape index (κ1) is 20.0. The van der Waals surface area contributed by atoms with E-state index in [0.717, 1.165) is 16.3 Å². The molecule has 31 heavy (non-hydrogen) atoms. The van der Waals surface area contributed by atoms with Crippen LogP contribution in [0.4, 0.5) is 0 Å². The van der Waals surface area contributed by atoms with E-state index in [-0.39, 0.29) is 12.1 Å². The number of nitrogens with one attached hydrogen (secondary N) is 1. The maximum absolute atomic E-state index is 12.6. The van der Waals surface area contributed by atoms with Gasteiger partial charge in [0.15, 0.2) is 0 Å². The average Bonchev–Trinajstić information content (AvgIpc) is 3.34. The van der Waals surface area contributed by atoms with Crippen LogP contribution in [0.2, 0.25) is 0 Å². The number of nitrogens with zero attached hydrogens (tertiary/aromatic N) is 1. The highest BCUT2D eigenvalue weighted by molar-refractivity contribution is 6.04. The lowest BCUT2D eigenvalue weighted by molar-refractivity contribution is -0.117.